The average Bonchev–Trinajstić information content (AvgIpc) is 3.18. The van der Waals surface area contributed by atoms with Gasteiger partial charge in [0.25, 0.3) is 5.09 Å². The largest absolute Gasteiger partial charge is 0.516 e. The van der Waals surface area contributed by atoms with Gasteiger partial charge in [-0.05, 0) is 63.4 Å². The minimum atomic E-state index is -1.92. The highest BCUT2D eigenvalue weighted by molar-refractivity contribution is 5.93. The molecular weight excluding hydrogens is 542 g/mol. The van der Waals surface area contributed by atoms with Gasteiger partial charge < -0.3 is 28.9 Å². The van der Waals surface area contributed by atoms with E-state index in [2.05, 4.69) is 10.9 Å². The highest BCUT2D eigenvalue weighted by Gasteiger charge is 2.71. The second-order valence-electron chi connectivity index (χ2n) is 11.6. The number of ketones is 1. The van der Waals surface area contributed by atoms with Gasteiger partial charge in [0.1, 0.15) is 0 Å². The standard InChI is InChI=1S/C28H37NO12/c1-4-37-25(34)41-28(23(32)40-24(33)38-13-5-6-14-39-29(35)36)12-10-20-19-8-7-17-15-18(30)9-11-26(17,2)22(19)21(31)16-27(20,28)3/h7,9,11,19-22,31H,4-6,8,10,12-16H2,1-3H3/t19-,20-,21-,22+,26-,27-,28-/m0/s1. The van der Waals surface area contributed by atoms with Crippen molar-refractivity contribution in [3.8, 4) is 0 Å². The summed E-state index contributed by atoms with van der Waals surface area (Å²) in [5.41, 5.74) is -2.57. The van der Waals surface area contributed by atoms with E-state index in [1.165, 1.54) is 0 Å². The Labute approximate surface area is 237 Å². The van der Waals surface area contributed by atoms with Crippen LogP contribution in [0.15, 0.2) is 23.8 Å². The van der Waals surface area contributed by atoms with E-state index >= 15 is 0 Å². The molecule has 0 aromatic heterocycles. The van der Waals surface area contributed by atoms with Gasteiger partial charge in [0, 0.05) is 23.2 Å². The van der Waals surface area contributed by atoms with Gasteiger partial charge in [-0.2, -0.15) is 0 Å². The predicted molar refractivity (Wildman–Crippen MR) is 138 cm³/mol. The third kappa shape index (κ3) is 5.55. The first kappa shape index (κ1) is 30.5. The van der Waals surface area contributed by atoms with E-state index in [0.717, 1.165) is 5.57 Å². The first-order valence-corrected chi connectivity index (χ1v) is 14.0. The summed E-state index contributed by atoms with van der Waals surface area (Å²) in [4.78, 5) is 65.2. The second kappa shape index (κ2) is 11.8. The Kier molecular flexibility index (Phi) is 8.76. The molecule has 0 amide bonds. The molecular formula is C28H37NO12. The van der Waals surface area contributed by atoms with Gasteiger partial charge in [0.15, 0.2) is 5.78 Å². The molecule has 4 aliphatic rings. The minimum Gasteiger partial charge on any atom is -0.435 e. The van der Waals surface area contributed by atoms with Gasteiger partial charge in [-0.15, -0.1) is 10.1 Å². The number of carbonyl (C=O) groups is 4. The summed E-state index contributed by atoms with van der Waals surface area (Å²) in [6, 6.07) is 0. The van der Waals surface area contributed by atoms with Gasteiger partial charge in [0.05, 0.1) is 25.9 Å². The smallest absolute Gasteiger partial charge is 0.435 e. The molecule has 4 aliphatic carbocycles. The minimum absolute atomic E-state index is 0.00336. The third-order valence-electron chi connectivity index (χ3n) is 9.56. The molecule has 0 aromatic rings. The molecule has 41 heavy (non-hydrogen) atoms. The van der Waals surface area contributed by atoms with Crippen LogP contribution >= 0.6 is 0 Å². The van der Waals surface area contributed by atoms with Gasteiger partial charge in [0.2, 0.25) is 5.60 Å². The maximum atomic E-state index is 13.7. The molecule has 0 bridgehead atoms. The van der Waals surface area contributed by atoms with Gasteiger partial charge in [-0.1, -0.05) is 31.6 Å². The quantitative estimate of drug-likeness (QED) is 0.104. The molecule has 0 radical (unpaired) electrons. The van der Waals surface area contributed by atoms with Crippen LogP contribution in [0.25, 0.3) is 0 Å². The van der Waals surface area contributed by atoms with Crippen LogP contribution in [-0.4, -0.2) is 65.8 Å². The Bertz CT molecular complexity index is 1150. The average molecular weight is 580 g/mol. The Morgan fingerprint density at radius 2 is 1.88 bits per heavy atom. The van der Waals surface area contributed by atoms with Crippen molar-refractivity contribution in [3.05, 3.63) is 33.9 Å². The lowest BCUT2D eigenvalue weighted by atomic mass is 9.47. The maximum Gasteiger partial charge on any atom is 0.516 e. The third-order valence-corrected chi connectivity index (χ3v) is 9.56. The highest BCUT2D eigenvalue weighted by Crippen LogP contribution is 2.67. The fraction of sp³-hybridized carbons (Fsp3) is 0.714. The van der Waals surface area contributed by atoms with Crippen molar-refractivity contribution < 1.29 is 53.2 Å². The summed E-state index contributed by atoms with van der Waals surface area (Å²) in [5, 5.41) is 20.9. The number of ether oxygens (including phenoxy) is 4. The van der Waals surface area contributed by atoms with E-state index in [1.807, 2.05) is 13.0 Å². The number of allylic oxidation sites excluding steroid dienone is 4. The van der Waals surface area contributed by atoms with Crippen molar-refractivity contribution in [2.45, 2.75) is 77.4 Å². The van der Waals surface area contributed by atoms with Gasteiger partial charge >= 0.3 is 18.3 Å². The zero-order valence-electron chi connectivity index (χ0n) is 23.5. The van der Waals surface area contributed by atoms with Crippen molar-refractivity contribution in [2.24, 2.45) is 28.6 Å². The number of unbranched alkanes of at least 4 members (excludes halogenated alkanes) is 1. The molecule has 0 heterocycles. The summed E-state index contributed by atoms with van der Waals surface area (Å²) in [6.45, 7) is 5.03. The number of aliphatic hydroxyl groups excluding tert-OH is 1. The fourth-order valence-electron chi connectivity index (χ4n) is 7.74. The summed E-state index contributed by atoms with van der Waals surface area (Å²) < 4.78 is 20.7. The van der Waals surface area contributed by atoms with E-state index in [9.17, 15) is 34.4 Å². The lowest BCUT2D eigenvalue weighted by molar-refractivity contribution is -0.757. The molecule has 7 atom stereocenters. The van der Waals surface area contributed by atoms with Gasteiger partial charge in [-0.3, -0.25) is 4.79 Å². The molecule has 1 N–H and O–H groups in total. The van der Waals surface area contributed by atoms with Crippen LogP contribution in [0.3, 0.4) is 0 Å². The van der Waals surface area contributed by atoms with Gasteiger partial charge in [-0.25, -0.2) is 14.4 Å². The Morgan fingerprint density at radius 3 is 2.59 bits per heavy atom. The summed E-state index contributed by atoms with van der Waals surface area (Å²) >= 11 is 0. The lowest BCUT2D eigenvalue weighted by Crippen LogP contribution is -2.62. The van der Waals surface area contributed by atoms with Crippen LogP contribution in [0.2, 0.25) is 0 Å². The number of hydrogen-bond donors (Lipinski definition) is 1. The van der Waals surface area contributed by atoms with Crippen molar-refractivity contribution in [1.82, 2.24) is 0 Å². The van der Waals surface area contributed by atoms with E-state index in [4.69, 9.17) is 18.9 Å². The zero-order chi connectivity index (χ0) is 30.0. The highest BCUT2D eigenvalue weighted by atomic mass is 16.9. The lowest BCUT2D eigenvalue weighted by Gasteiger charge is -2.58. The first-order valence-electron chi connectivity index (χ1n) is 14.0. The predicted octanol–water partition coefficient (Wildman–Crippen LogP) is 3.85. The SMILES string of the molecule is CCOC(=O)O[C@]1(C(=O)OC(=O)OCCCCO[N+](=O)[O-])CC[C@H]2[C@@H]3CC=C4CC(=O)C=C[C@]4(C)[C@H]3[C@@H](O)C[C@@]21C. The zero-order valence-corrected chi connectivity index (χ0v) is 23.5. The normalized spacial score (nSPS) is 35.2. The van der Waals surface area contributed by atoms with E-state index in [0.29, 0.717) is 19.3 Å². The molecule has 0 aromatic carbocycles. The monoisotopic (exact) mass is 579 g/mol. The molecule has 0 spiro atoms. The molecule has 2 fully saturated rings. The summed E-state index contributed by atoms with van der Waals surface area (Å²) in [6.07, 6.45) is 4.16. The summed E-state index contributed by atoms with van der Waals surface area (Å²) in [5.74, 6) is -1.59. The van der Waals surface area contributed by atoms with Crippen LogP contribution in [0.1, 0.15) is 65.7 Å². The Hall–Kier alpha value is -3.48. The molecule has 13 heteroatoms. The number of hydrogen-bond acceptors (Lipinski definition) is 12. The van der Waals surface area contributed by atoms with Crippen LogP contribution < -0.4 is 0 Å². The van der Waals surface area contributed by atoms with Crippen LogP contribution in [-0.2, 0) is 33.4 Å². The number of rotatable bonds is 9. The van der Waals surface area contributed by atoms with Crippen molar-refractivity contribution >= 4 is 24.1 Å². The molecule has 0 unspecified atom stereocenters. The Morgan fingerprint density at radius 1 is 1.15 bits per heavy atom. The number of carbonyl (C=O) groups excluding carboxylic acids is 4. The summed E-state index contributed by atoms with van der Waals surface area (Å²) in [7, 11) is 0. The number of aliphatic hydroxyl groups is 1. The molecule has 226 valence electrons. The van der Waals surface area contributed by atoms with Crippen molar-refractivity contribution in [1.29, 1.82) is 0 Å². The Balaban J connectivity index is 1.55. The second-order valence-corrected chi connectivity index (χ2v) is 11.6. The van der Waals surface area contributed by atoms with E-state index < -0.39 is 45.9 Å². The molecule has 0 aliphatic heterocycles. The maximum absolute atomic E-state index is 13.7. The first-order chi connectivity index (χ1) is 19.4. The van der Waals surface area contributed by atoms with Crippen LogP contribution in [0.5, 0.6) is 0 Å². The molecule has 4 rings (SSSR count). The number of fused-ring (bicyclic) bond motifs is 5. The molecule has 2 saturated carbocycles. The van der Waals surface area contributed by atoms with Crippen molar-refractivity contribution in [3.63, 3.8) is 0 Å². The van der Waals surface area contributed by atoms with Crippen molar-refractivity contribution in [2.75, 3.05) is 19.8 Å². The van der Waals surface area contributed by atoms with Crippen LogP contribution in [0.4, 0.5) is 9.59 Å². The van der Waals surface area contributed by atoms with E-state index in [-0.39, 0.29) is 69.0 Å². The molecule has 0 saturated heterocycles. The van der Waals surface area contributed by atoms with Crippen LogP contribution in [0, 0.1) is 38.7 Å². The topological polar surface area (TPSA) is 178 Å². The number of esters is 1. The molecule has 13 nitrogen and oxygen atoms in total. The number of nitrogens with zero attached hydrogens (tertiary/aromatic N) is 1. The fourth-order valence-corrected chi connectivity index (χ4v) is 7.74. The van der Waals surface area contributed by atoms with E-state index in [1.54, 1.807) is 19.9 Å².